The van der Waals surface area contributed by atoms with E-state index in [0.29, 0.717) is 12.8 Å². The van der Waals surface area contributed by atoms with Gasteiger partial charge in [-0.2, -0.15) is 0 Å². The highest BCUT2D eigenvalue weighted by atomic mass is 16.5. The van der Waals surface area contributed by atoms with Crippen LogP contribution in [0.25, 0.3) is 0 Å². The zero-order chi connectivity index (χ0) is 11.3. The highest BCUT2D eigenvalue weighted by molar-refractivity contribution is 5.92. The highest BCUT2D eigenvalue weighted by Crippen LogP contribution is 2.28. The molecule has 0 heterocycles. The van der Waals surface area contributed by atoms with Gasteiger partial charge in [0.15, 0.2) is 5.84 Å². The molecule has 4 N–H and O–H groups in total. The predicted octanol–water partition coefficient (Wildman–Crippen LogP) is 0.792. The van der Waals surface area contributed by atoms with E-state index in [4.69, 9.17) is 10.9 Å². The van der Waals surface area contributed by atoms with Crippen LogP contribution in [0.3, 0.4) is 0 Å². The minimum absolute atomic E-state index is 0.0487. The van der Waals surface area contributed by atoms with Gasteiger partial charge in [-0.05, 0) is 12.8 Å². The van der Waals surface area contributed by atoms with Crippen LogP contribution >= 0.6 is 0 Å². The maximum Gasteiger partial charge on any atom is 0.407 e. The van der Waals surface area contributed by atoms with Crippen LogP contribution in [-0.4, -0.2) is 29.8 Å². The van der Waals surface area contributed by atoms with Gasteiger partial charge >= 0.3 is 6.09 Å². The number of amidine groups is 1. The van der Waals surface area contributed by atoms with Gasteiger partial charge in [0.25, 0.3) is 0 Å². The lowest BCUT2D eigenvalue weighted by Crippen LogP contribution is -2.58. The number of rotatable bonds is 2. The average Bonchev–Trinajstić information content (AvgIpc) is 2.29. The number of hydrogen-bond acceptors (Lipinski definition) is 4. The van der Waals surface area contributed by atoms with E-state index in [9.17, 15) is 4.79 Å². The number of nitrogens with zero attached hydrogens (tertiary/aromatic N) is 1. The van der Waals surface area contributed by atoms with Gasteiger partial charge in [0.2, 0.25) is 0 Å². The van der Waals surface area contributed by atoms with Crippen molar-refractivity contribution in [1.82, 2.24) is 5.32 Å². The molecule has 1 saturated carbocycles. The summed E-state index contributed by atoms with van der Waals surface area (Å²) < 4.78 is 4.53. The molecule has 15 heavy (non-hydrogen) atoms. The summed E-state index contributed by atoms with van der Waals surface area (Å²) in [6.07, 6.45) is 3.79. The second kappa shape index (κ2) is 4.86. The number of alkyl carbamates (subject to hydrolysis) is 1. The zero-order valence-corrected chi connectivity index (χ0v) is 8.82. The average molecular weight is 215 g/mol. The summed E-state index contributed by atoms with van der Waals surface area (Å²) in [6.45, 7) is 0. The number of oxime groups is 1. The molecule has 1 aliphatic carbocycles. The molecule has 0 unspecified atom stereocenters. The molecule has 0 spiro atoms. The van der Waals surface area contributed by atoms with Crippen LogP contribution in [0.5, 0.6) is 0 Å². The Morgan fingerprint density at radius 3 is 2.53 bits per heavy atom. The third-order valence-electron chi connectivity index (χ3n) is 2.83. The van der Waals surface area contributed by atoms with E-state index in [-0.39, 0.29) is 5.84 Å². The van der Waals surface area contributed by atoms with Crippen molar-refractivity contribution >= 4 is 11.9 Å². The fourth-order valence-electron chi connectivity index (χ4n) is 1.94. The smallest absolute Gasteiger partial charge is 0.407 e. The molecule has 0 aliphatic heterocycles. The Morgan fingerprint density at radius 2 is 2.07 bits per heavy atom. The van der Waals surface area contributed by atoms with Crippen molar-refractivity contribution in [3.63, 3.8) is 0 Å². The minimum Gasteiger partial charge on any atom is -0.453 e. The van der Waals surface area contributed by atoms with Gasteiger partial charge in [-0.1, -0.05) is 24.4 Å². The first-order valence-electron chi connectivity index (χ1n) is 4.99. The lowest BCUT2D eigenvalue weighted by atomic mass is 9.81. The SMILES string of the molecule is COC(=O)NC1(/C(N)=N/O)CCCCC1. The summed E-state index contributed by atoms with van der Waals surface area (Å²) in [6, 6.07) is 0. The Labute approximate surface area is 88.5 Å². The van der Waals surface area contributed by atoms with Crippen molar-refractivity contribution in [1.29, 1.82) is 0 Å². The summed E-state index contributed by atoms with van der Waals surface area (Å²) >= 11 is 0. The largest absolute Gasteiger partial charge is 0.453 e. The maximum absolute atomic E-state index is 11.2. The molecule has 1 fully saturated rings. The van der Waals surface area contributed by atoms with Crippen LogP contribution in [0.4, 0.5) is 4.79 Å². The number of hydrogen-bond donors (Lipinski definition) is 3. The maximum atomic E-state index is 11.2. The quantitative estimate of drug-likeness (QED) is 0.274. The molecule has 0 aromatic heterocycles. The first kappa shape index (κ1) is 11.6. The highest BCUT2D eigenvalue weighted by Gasteiger charge is 2.38. The van der Waals surface area contributed by atoms with E-state index in [1.165, 1.54) is 7.11 Å². The topological polar surface area (TPSA) is 96.9 Å². The number of ether oxygens (including phenoxy) is 1. The monoisotopic (exact) mass is 215 g/mol. The molecular formula is C9H17N3O3. The van der Waals surface area contributed by atoms with Gasteiger partial charge in [-0.25, -0.2) is 4.79 Å². The number of carbonyl (C=O) groups excluding carboxylic acids is 1. The molecule has 1 aliphatic rings. The standard InChI is InChI=1S/C9H17N3O3/c1-15-8(13)11-9(7(10)12-14)5-3-2-4-6-9/h14H,2-6H2,1H3,(H2,10,12)(H,11,13). The number of carbonyl (C=O) groups is 1. The van der Waals surface area contributed by atoms with E-state index in [2.05, 4.69) is 15.2 Å². The molecular weight excluding hydrogens is 198 g/mol. The first-order valence-corrected chi connectivity index (χ1v) is 4.99. The first-order chi connectivity index (χ1) is 7.14. The van der Waals surface area contributed by atoms with Gasteiger partial charge in [-0.15, -0.1) is 0 Å². The molecule has 0 saturated heterocycles. The molecule has 0 bridgehead atoms. The molecule has 6 nitrogen and oxygen atoms in total. The Hall–Kier alpha value is -1.46. The van der Waals surface area contributed by atoms with Crippen LogP contribution in [0.15, 0.2) is 5.16 Å². The van der Waals surface area contributed by atoms with Crippen molar-refractivity contribution in [2.45, 2.75) is 37.6 Å². The zero-order valence-electron chi connectivity index (χ0n) is 8.82. The van der Waals surface area contributed by atoms with Crippen LogP contribution in [-0.2, 0) is 4.74 Å². The molecule has 0 atom stereocenters. The van der Waals surface area contributed by atoms with Gasteiger partial charge in [0, 0.05) is 0 Å². The second-order valence-corrected chi connectivity index (χ2v) is 3.74. The lowest BCUT2D eigenvalue weighted by Gasteiger charge is -2.35. The Balaban J connectivity index is 2.80. The van der Waals surface area contributed by atoms with E-state index < -0.39 is 11.6 Å². The molecule has 0 aromatic rings. The number of amides is 1. The van der Waals surface area contributed by atoms with Crippen molar-refractivity contribution in [2.24, 2.45) is 10.9 Å². The Morgan fingerprint density at radius 1 is 1.47 bits per heavy atom. The molecule has 1 amide bonds. The summed E-state index contributed by atoms with van der Waals surface area (Å²) in [7, 11) is 1.29. The fourth-order valence-corrected chi connectivity index (χ4v) is 1.94. The third-order valence-corrected chi connectivity index (χ3v) is 2.83. The third kappa shape index (κ3) is 2.51. The lowest BCUT2D eigenvalue weighted by molar-refractivity contribution is 0.156. The molecule has 0 aromatic carbocycles. The molecule has 1 rings (SSSR count). The van der Waals surface area contributed by atoms with Crippen LogP contribution in [0.2, 0.25) is 0 Å². The summed E-state index contributed by atoms with van der Waals surface area (Å²) in [5, 5.41) is 14.4. The summed E-state index contributed by atoms with van der Waals surface area (Å²) in [5.41, 5.74) is 4.88. The van der Waals surface area contributed by atoms with Crippen LogP contribution in [0, 0.1) is 0 Å². The molecule has 0 radical (unpaired) electrons. The van der Waals surface area contributed by atoms with E-state index in [0.717, 1.165) is 19.3 Å². The van der Waals surface area contributed by atoms with Gasteiger partial charge < -0.3 is 21.0 Å². The minimum atomic E-state index is -0.736. The molecule has 6 heteroatoms. The van der Waals surface area contributed by atoms with Crippen molar-refractivity contribution < 1.29 is 14.7 Å². The Bertz CT molecular complexity index is 259. The summed E-state index contributed by atoms with van der Waals surface area (Å²) in [5.74, 6) is 0.0487. The summed E-state index contributed by atoms with van der Waals surface area (Å²) in [4.78, 5) is 11.2. The molecule has 86 valence electrons. The van der Waals surface area contributed by atoms with Crippen LogP contribution < -0.4 is 11.1 Å². The van der Waals surface area contributed by atoms with Crippen molar-refractivity contribution in [3.8, 4) is 0 Å². The second-order valence-electron chi connectivity index (χ2n) is 3.74. The number of nitrogens with two attached hydrogens (primary N) is 1. The van der Waals surface area contributed by atoms with Crippen LogP contribution in [0.1, 0.15) is 32.1 Å². The fraction of sp³-hybridized carbons (Fsp3) is 0.778. The van der Waals surface area contributed by atoms with E-state index in [1.807, 2.05) is 0 Å². The van der Waals surface area contributed by atoms with Crippen molar-refractivity contribution in [2.75, 3.05) is 7.11 Å². The van der Waals surface area contributed by atoms with Gasteiger partial charge in [0.1, 0.15) is 5.54 Å². The normalized spacial score (nSPS) is 20.7. The number of methoxy groups -OCH3 is 1. The van der Waals surface area contributed by atoms with Gasteiger partial charge in [0.05, 0.1) is 7.11 Å². The van der Waals surface area contributed by atoms with Crippen molar-refractivity contribution in [3.05, 3.63) is 0 Å². The van der Waals surface area contributed by atoms with E-state index >= 15 is 0 Å². The van der Waals surface area contributed by atoms with E-state index in [1.54, 1.807) is 0 Å². The van der Waals surface area contributed by atoms with Gasteiger partial charge in [-0.3, -0.25) is 0 Å². The Kier molecular flexibility index (Phi) is 3.76. The predicted molar refractivity (Wildman–Crippen MR) is 54.8 cm³/mol. The number of nitrogens with one attached hydrogen (secondary N) is 1.